The summed E-state index contributed by atoms with van der Waals surface area (Å²) in [4.78, 5) is 14.4. The van der Waals surface area contributed by atoms with Gasteiger partial charge >= 0.3 is 0 Å². The van der Waals surface area contributed by atoms with Crippen molar-refractivity contribution < 1.29 is 4.79 Å². The van der Waals surface area contributed by atoms with Crippen LogP contribution in [-0.4, -0.2) is 33.2 Å². The molecule has 2 rings (SSSR count). The lowest BCUT2D eigenvalue weighted by atomic mass is 9.92. The van der Waals surface area contributed by atoms with Crippen LogP contribution in [0.3, 0.4) is 0 Å². The van der Waals surface area contributed by atoms with Crippen molar-refractivity contribution in [3.63, 3.8) is 0 Å². The molecular weight excluding hydrogens is 228 g/mol. The van der Waals surface area contributed by atoms with Crippen LogP contribution >= 0.6 is 0 Å². The Kier molecular flexibility index (Phi) is 3.59. The molecule has 0 saturated carbocycles. The zero-order chi connectivity index (χ0) is 13.3. The third-order valence-corrected chi connectivity index (χ3v) is 3.95. The molecule has 1 aliphatic heterocycles. The van der Waals surface area contributed by atoms with Crippen molar-refractivity contribution in [2.24, 2.45) is 5.92 Å². The molecule has 5 heteroatoms. The molecule has 0 bridgehead atoms. The van der Waals surface area contributed by atoms with E-state index in [2.05, 4.69) is 18.9 Å². The molecule has 2 heterocycles. The number of aromatic nitrogens is 2. The quantitative estimate of drug-likeness (QED) is 0.869. The van der Waals surface area contributed by atoms with Crippen molar-refractivity contribution in [2.75, 3.05) is 12.3 Å². The molecule has 100 valence electrons. The standard InChI is InChI=1S/C13H22N4O/c1-4-16-8-11(14)12(15-16)13(18)17-7-5-6-9(2)10(17)3/h8-10H,4-7,14H2,1-3H3. The van der Waals surface area contributed by atoms with Gasteiger partial charge in [-0.15, -0.1) is 0 Å². The van der Waals surface area contributed by atoms with E-state index in [0.717, 1.165) is 19.5 Å². The van der Waals surface area contributed by atoms with E-state index in [4.69, 9.17) is 5.73 Å². The highest BCUT2D eigenvalue weighted by atomic mass is 16.2. The van der Waals surface area contributed by atoms with Gasteiger partial charge in [0.05, 0.1) is 5.69 Å². The number of carbonyl (C=O) groups excluding carboxylic acids is 1. The summed E-state index contributed by atoms with van der Waals surface area (Å²) in [5, 5.41) is 4.26. The topological polar surface area (TPSA) is 64.2 Å². The van der Waals surface area contributed by atoms with Crippen molar-refractivity contribution in [1.29, 1.82) is 0 Å². The molecule has 2 N–H and O–H groups in total. The number of hydrogen-bond acceptors (Lipinski definition) is 3. The lowest BCUT2D eigenvalue weighted by Gasteiger charge is -2.37. The number of hydrogen-bond donors (Lipinski definition) is 1. The van der Waals surface area contributed by atoms with Crippen molar-refractivity contribution >= 4 is 11.6 Å². The largest absolute Gasteiger partial charge is 0.396 e. The third-order valence-electron chi connectivity index (χ3n) is 3.95. The molecule has 1 aromatic heterocycles. The molecule has 0 aliphatic carbocycles. The monoisotopic (exact) mass is 250 g/mol. The molecule has 1 aromatic rings. The maximum atomic E-state index is 12.5. The molecule has 1 saturated heterocycles. The fourth-order valence-electron chi connectivity index (χ4n) is 2.52. The van der Waals surface area contributed by atoms with Gasteiger partial charge in [0.25, 0.3) is 5.91 Å². The molecular formula is C13H22N4O. The summed E-state index contributed by atoms with van der Waals surface area (Å²) in [6, 6.07) is 0.262. The van der Waals surface area contributed by atoms with Gasteiger partial charge in [-0.1, -0.05) is 6.92 Å². The van der Waals surface area contributed by atoms with E-state index in [1.54, 1.807) is 10.9 Å². The molecule has 18 heavy (non-hydrogen) atoms. The second-order valence-electron chi connectivity index (χ2n) is 5.15. The minimum absolute atomic E-state index is 0.0289. The lowest BCUT2D eigenvalue weighted by molar-refractivity contribution is 0.0545. The van der Waals surface area contributed by atoms with E-state index in [1.165, 1.54) is 6.42 Å². The molecule has 0 aromatic carbocycles. The zero-order valence-corrected chi connectivity index (χ0v) is 11.4. The summed E-state index contributed by atoms with van der Waals surface area (Å²) in [5.41, 5.74) is 6.75. The normalized spacial score (nSPS) is 24.3. The summed E-state index contributed by atoms with van der Waals surface area (Å²) in [7, 11) is 0. The van der Waals surface area contributed by atoms with Crippen LogP contribution in [0.1, 0.15) is 44.1 Å². The zero-order valence-electron chi connectivity index (χ0n) is 11.4. The average molecular weight is 250 g/mol. The maximum Gasteiger partial charge on any atom is 0.276 e. The van der Waals surface area contributed by atoms with Crippen molar-refractivity contribution in [3.8, 4) is 0 Å². The first-order valence-electron chi connectivity index (χ1n) is 6.68. The van der Waals surface area contributed by atoms with Gasteiger partial charge in [-0.25, -0.2) is 0 Å². The Hall–Kier alpha value is -1.52. The molecule has 0 radical (unpaired) electrons. The molecule has 0 spiro atoms. The number of aryl methyl sites for hydroxylation is 1. The fourth-order valence-corrected chi connectivity index (χ4v) is 2.52. The summed E-state index contributed by atoms with van der Waals surface area (Å²) < 4.78 is 1.71. The highest BCUT2D eigenvalue weighted by molar-refractivity contribution is 5.97. The summed E-state index contributed by atoms with van der Waals surface area (Å²) in [5.74, 6) is 0.510. The first-order valence-corrected chi connectivity index (χ1v) is 6.68. The Morgan fingerprint density at radius 1 is 1.56 bits per heavy atom. The van der Waals surface area contributed by atoms with Gasteiger partial charge in [-0.2, -0.15) is 5.10 Å². The summed E-state index contributed by atoms with van der Waals surface area (Å²) in [6.45, 7) is 7.81. The van der Waals surface area contributed by atoms with Gasteiger partial charge in [0.1, 0.15) is 0 Å². The minimum Gasteiger partial charge on any atom is -0.396 e. The van der Waals surface area contributed by atoms with E-state index in [-0.39, 0.29) is 11.9 Å². The van der Waals surface area contributed by atoms with Crippen molar-refractivity contribution in [1.82, 2.24) is 14.7 Å². The number of nitrogens with two attached hydrogens (primary N) is 1. The van der Waals surface area contributed by atoms with Crippen LogP contribution in [-0.2, 0) is 6.54 Å². The molecule has 1 amide bonds. The Bertz CT molecular complexity index is 440. The number of piperidine rings is 1. The van der Waals surface area contributed by atoms with Gasteiger partial charge in [0, 0.05) is 25.3 Å². The van der Waals surface area contributed by atoms with Crippen LogP contribution in [0.15, 0.2) is 6.20 Å². The van der Waals surface area contributed by atoms with E-state index in [9.17, 15) is 4.79 Å². The number of anilines is 1. The Morgan fingerprint density at radius 2 is 2.28 bits per heavy atom. The van der Waals surface area contributed by atoms with Crippen LogP contribution in [0.4, 0.5) is 5.69 Å². The van der Waals surface area contributed by atoms with E-state index >= 15 is 0 Å². The third kappa shape index (κ3) is 2.21. The van der Waals surface area contributed by atoms with E-state index < -0.39 is 0 Å². The Morgan fingerprint density at radius 3 is 2.89 bits per heavy atom. The average Bonchev–Trinajstić information content (AvgIpc) is 2.73. The van der Waals surface area contributed by atoms with Gasteiger partial charge < -0.3 is 10.6 Å². The fraction of sp³-hybridized carbons (Fsp3) is 0.692. The van der Waals surface area contributed by atoms with Crippen molar-refractivity contribution in [3.05, 3.63) is 11.9 Å². The smallest absolute Gasteiger partial charge is 0.276 e. The van der Waals surface area contributed by atoms with Gasteiger partial charge in [0.15, 0.2) is 5.69 Å². The van der Waals surface area contributed by atoms with Gasteiger partial charge in [0.2, 0.25) is 0 Å². The maximum absolute atomic E-state index is 12.5. The number of amides is 1. The second kappa shape index (κ2) is 5.00. The predicted molar refractivity (Wildman–Crippen MR) is 71.2 cm³/mol. The van der Waals surface area contributed by atoms with E-state index in [1.807, 2.05) is 11.8 Å². The van der Waals surface area contributed by atoms with Crippen LogP contribution in [0.5, 0.6) is 0 Å². The summed E-state index contributed by atoms with van der Waals surface area (Å²) >= 11 is 0. The van der Waals surface area contributed by atoms with Crippen LogP contribution in [0.2, 0.25) is 0 Å². The number of nitrogen functional groups attached to an aromatic ring is 1. The molecule has 2 atom stereocenters. The Labute approximate surface area is 108 Å². The van der Waals surface area contributed by atoms with Gasteiger partial charge in [-0.3, -0.25) is 9.48 Å². The van der Waals surface area contributed by atoms with Crippen LogP contribution < -0.4 is 5.73 Å². The summed E-state index contributed by atoms with van der Waals surface area (Å²) in [6.07, 6.45) is 3.97. The first kappa shape index (κ1) is 12.9. The van der Waals surface area contributed by atoms with Gasteiger partial charge in [-0.05, 0) is 32.6 Å². The predicted octanol–water partition coefficient (Wildman–Crippen LogP) is 1.75. The van der Waals surface area contributed by atoms with Crippen LogP contribution in [0.25, 0.3) is 0 Å². The molecule has 1 aliphatic rings. The minimum atomic E-state index is -0.0289. The SMILES string of the molecule is CCn1cc(N)c(C(=O)N2CCCC(C)C2C)n1. The first-order chi connectivity index (χ1) is 8.54. The number of rotatable bonds is 2. The lowest BCUT2D eigenvalue weighted by Crippen LogP contribution is -2.46. The van der Waals surface area contributed by atoms with Crippen LogP contribution in [0, 0.1) is 5.92 Å². The van der Waals surface area contributed by atoms with E-state index in [0.29, 0.717) is 17.3 Å². The highest BCUT2D eigenvalue weighted by Crippen LogP contribution is 2.25. The Balaban J connectivity index is 2.22. The van der Waals surface area contributed by atoms with Crippen molar-refractivity contribution in [2.45, 2.75) is 46.2 Å². The molecule has 1 fully saturated rings. The number of carbonyl (C=O) groups is 1. The molecule has 2 unspecified atom stereocenters. The highest BCUT2D eigenvalue weighted by Gasteiger charge is 2.31. The number of likely N-dealkylation sites (tertiary alicyclic amines) is 1. The second-order valence-corrected chi connectivity index (χ2v) is 5.15. The molecule has 5 nitrogen and oxygen atoms in total. The number of nitrogens with zero attached hydrogens (tertiary/aromatic N) is 3.